The Bertz CT molecular complexity index is 523. The summed E-state index contributed by atoms with van der Waals surface area (Å²) in [6.07, 6.45) is -1.83. The number of benzene rings is 2. The fraction of sp³-hybridized carbons (Fsp3) is 0. The molecule has 2 aromatic carbocycles. The number of carboxylic acid groups (broad SMARTS) is 2. The summed E-state index contributed by atoms with van der Waals surface area (Å²) in [5.41, 5.74) is 0. The van der Waals surface area contributed by atoms with Gasteiger partial charge in [0, 0.05) is 5.19 Å². The van der Waals surface area contributed by atoms with E-state index in [1.54, 1.807) is 36.4 Å². The molecule has 0 saturated heterocycles. The minimum Gasteiger partial charge on any atom is -0.542 e. The molecule has 20 heavy (non-hydrogen) atoms. The molecule has 0 aliphatic rings. The van der Waals surface area contributed by atoms with Crippen molar-refractivity contribution in [2.75, 3.05) is 0 Å². The molecule has 0 radical (unpaired) electrons. The molecule has 7 heteroatoms. The lowest BCUT2D eigenvalue weighted by Crippen LogP contribution is -2.20. The van der Waals surface area contributed by atoms with Gasteiger partial charge in [-0.25, -0.2) is 4.79 Å². The van der Waals surface area contributed by atoms with E-state index in [1.165, 1.54) is 0 Å². The van der Waals surface area contributed by atoms with Crippen LogP contribution < -0.4 is 9.61 Å². The lowest BCUT2D eigenvalue weighted by atomic mass is 10.3. The van der Waals surface area contributed by atoms with Gasteiger partial charge in [0.25, 0.3) is 9.76 Å². The first kappa shape index (κ1) is 15.4. The first-order valence-electron chi connectivity index (χ1n) is 5.60. The van der Waals surface area contributed by atoms with Crippen molar-refractivity contribution < 1.29 is 29.6 Å². The predicted octanol–water partition coefficient (Wildman–Crippen LogP) is 1.11. The van der Waals surface area contributed by atoms with Crippen molar-refractivity contribution in [1.82, 2.24) is 0 Å². The lowest BCUT2D eigenvalue weighted by Gasteiger charge is -2.08. The summed E-state index contributed by atoms with van der Waals surface area (Å²) in [6, 6.07) is 13.9. The minimum atomic E-state index is -1.83. The van der Waals surface area contributed by atoms with Crippen LogP contribution in [0.4, 0.5) is 4.79 Å². The molecule has 2 rings (SSSR count). The summed E-state index contributed by atoms with van der Waals surface area (Å²) in [4.78, 5) is 8.56. The van der Waals surface area contributed by atoms with E-state index in [1.807, 2.05) is 12.1 Å². The molecule has 0 aliphatic carbocycles. The third-order valence-electron chi connectivity index (χ3n) is 2.24. The van der Waals surface area contributed by atoms with Crippen LogP contribution in [-0.2, 0) is 0 Å². The molecular weight excluding hydrogens is 280 g/mol. The fourth-order valence-corrected chi connectivity index (χ4v) is 2.42. The third-order valence-corrected chi connectivity index (χ3v) is 3.60. The van der Waals surface area contributed by atoms with Gasteiger partial charge in [0.2, 0.25) is 0 Å². The van der Waals surface area contributed by atoms with E-state index in [2.05, 4.69) is 0 Å². The Balaban J connectivity index is 0.000000444. The highest BCUT2D eigenvalue weighted by Gasteiger charge is 2.04. The van der Waals surface area contributed by atoms with Crippen molar-refractivity contribution in [2.45, 2.75) is 0 Å². The SMILES string of the molecule is O=C(O)O.Oc1ccccc1O[SiH2]c1ccccc1O. The van der Waals surface area contributed by atoms with E-state index >= 15 is 0 Å². The third kappa shape index (κ3) is 5.32. The second-order valence-electron chi connectivity index (χ2n) is 3.67. The molecule has 2 aromatic rings. The second-order valence-corrected chi connectivity index (χ2v) is 5.01. The van der Waals surface area contributed by atoms with Crippen LogP contribution in [0.5, 0.6) is 17.2 Å². The largest absolute Gasteiger partial charge is 0.542 e. The molecule has 0 atom stereocenters. The quantitative estimate of drug-likeness (QED) is 0.632. The number of phenolic OH excluding ortho intramolecular Hbond substituents is 2. The highest BCUT2D eigenvalue weighted by Crippen LogP contribution is 2.23. The number of para-hydroxylation sites is 3. The van der Waals surface area contributed by atoms with Crippen molar-refractivity contribution in [2.24, 2.45) is 0 Å². The van der Waals surface area contributed by atoms with Crippen molar-refractivity contribution in [1.29, 1.82) is 0 Å². The summed E-state index contributed by atoms with van der Waals surface area (Å²) in [7, 11) is -1.07. The zero-order valence-electron chi connectivity index (χ0n) is 10.4. The summed E-state index contributed by atoms with van der Waals surface area (Å²) in [5, 5.41) is 33.8. The first-order chi connectivity index (χ1) is 9.50. The van der Waals surface area contributed by atoms with Gasteiger partial charge in [-0.1, -0.05) is 30.3 Å². The van der Waals surface area contributed by atoms with E-state index in [4.69, 9.17) is 19.4 Å². The summed E-state index contributed by atoms with van der Waals surface area (Å²) in [6.45, 7) is 0. The maximum Gasteiger partial charge on any atom is 0.503 e. The molecule has 0 unspecified atom stereocenters. The highest BCUT2D eigenvalue weighted by atomic mass is 28.2. The molecule has 0 aromatic heterocycles. The van der Waals surface area contributed by atoms with Gasteiger partial charge in [-0.05, 0) is 18.2 Å². The Hall–Kier alpha value is -2.67. The normalized spacial score (nSPS) is 9.80. The van der Waals surface area contributed by atoms with Crippen molar-refractivity contribution >= 4 is 21.1 Å². The number of rotatable bonds is 3. The van der Waals surface area contributed by atoms with Gasteiger partial charge in [-0.15, -0.1) is 0 Å². The van der Waals surface area contributed by atoms with Crippen LogP contribution in [0.1, 0.15) is 0 Å². The first-order valence-corrected chi connectivity index (χ1v) is 6.88. The Morgan fingerprint density at radius 3 is 1.95 bits per heavy atom. The van der Waals surface area contributed by atoms with Gasteiger partial charge in [0.15, 0.2) is 5.75 Å². The molecule has 0 heterocycles. The van der Waals surface area contributed by atoms with Crippen LogP contribution in [0.15, 0.2) is 48.5 Å². The molecule has 0 bridgehead atoms. The number of aromatic hydroxyl groups is 2. The van der Waals surface area contributed by atoms with Gasteiger partial charge in [-0.3, -0.25) is 0 Å². The highest BCUT2D eigenvalue weighted by molar-refractivity contribution is 6.49. The van der Waals surface area contributed by atoms with E-state index < -0.39 is 15.9 Å². The monoisotopic (exact) mass is 294 g/mol. The van der Waals surface area contributed by atoms with Crippen molar-refractivity contribution in [3.8, 4) is 17.2 Å². The van der Waals surface area contributed by atoms with E-state index in [9.17, 15) is 10.2 Å². The molecule has 0 saturated carbocycles. The summed E-state index contributed by atoms with van der Waals surface area (Å²) >= 11 is 0. The average Bonchev–Trinajstić information content (AvgIpc) is 2.39. The summed E-state index contributed by atoms with van der Waals surface area (Å²) in [5.74, 6) is 0.854. The van der Waals surface area contributed by atoms with Gasteiger partial charge >= 0.3 is 6.16 Å². The molecule has 0 spiro atoms. The number of hydrogen-bond acceptors (Lipinski definition) is 4. The molecule has 6 nitrogen and oxygen atoms in total. The zero-order valence-corrected chi connectivity index (χ0v) is 11.8. The number of hydrogen-bond donors (Lipinski definition) is 4. The Labute approximate surface area is 117 Å². The smallest absolute Gasteiger partial charge is 0.503 e. The predicted molar refractivity (Wildman–Crippen MR) is 75.7 cm³/mol. The maximum atomic E-state index is 9.55. The van der Waals surface area contributed by atoms with Crippen LogP contribution in [0, 0.1) is 0 Å². The summed E-state index contributed by atoms with van der Waals surface area (Å²) < 4.78 is 5.53. The van der Waals surface area contributed by atoms with Crippen LogP contribution in [0.3, 0.4) is 0 Å². The molecule has 0 aliphatic heterocycles. The zero-order chi connectivity index (χ0) is 15.0. The number of carbonyl (C=O) groups is 1. The van der Waals surface area contributed by atoms with Crippen LogP contribution in [0.25, 0.3) is 0 Å². The van der Waals surface area contributed by atoms with Crippen molar-refractivity contribution in [3.05, 3.63) is 48.5 Å². The molecule has 0 amide bonds. The maximum absolute atomic E-state index is 9.55. The molecule has 106 valence electrons. The van der Waals surface area contributed by atoms with E-state index in [-0.39, 0.29) is 11.5 Å². The molecular formula is C13H14O6Si. The van der Waals surface area contributed by atoms with Gasteiger partial charge in [0.1, 0.15) is 11.5 Å². The van der Waals surface area contributed by atoms with Crippen LogP contribution >= 0.6 is 0 Å². The standard InChI is InChI=1S/C12H12O3Si.CH2O3/c13-9-5-1-3-7-11(9)15-16-12-8-4-2-6-10(12)14;2-1(3)4/h1-8,13-14H,16H2;(H2,2,3,4). The lowest BCUT2D eigenvalue weighted by molar-refractivity contribution is 0.137. The van der Waals surface area contributed by atoms with Crippen LogP contribution in [-0.4, -0.2) is 36.3 Å². The Morgan fingerprint density at radius 2 is 1.40 bits per heavy atom. The van der Waals surface area contributed by atoms with Crippen LogP contribution in [0.2, 0.25) is 0 Å². The number of phenols is 2. The Kier molecular flexibility index (Phi) is 5.92. The molecule has 0 fully saturated rings. The molecule has 4 N–H and O–H groups in total. The minimum absolute atomic E-state index is 0.130. The van der Waals surface area contributed by atoms with Gasteiger partial charge in [0.05, 0.1) is 0 Å². The second kappa shape index (κ2) is 7.69. The van der Waals surface area contributed by atoms with E-state index in [0.29, 0.717) is 5.75 Å². The van der Waals surface area contributed by atoms with Gasteiger partial charge in [-0.2, -0.15) is 0 Å². The van der Waals surface area contributed by atoms with Crippen molar-refractivity contribution in [3.63, 3.8) is 0 Å². The topological polar surface area (TPSA) is 107 Å². The van der Waals surface area contributed by atoms with E-state index in [0.717, 1.165) is 5.19 Å². The van der Waals surface area contributed by atoms with Gasteiger partial charge < -0.3 is 24.9 Å². The Morgan fingerprint density at radius 1 is 0.900 bits per heavy atom. The fourth-order valence-electron chi connectivity index (χ4n) is 1.37. The average molecular weight is 294 g/mol.